The molecule has 0 radical (unpaired) electrons. The zero-order chi connectivity index (χ0) is 22.2. The molecule has 1 unspecified atom stereocenters. The van der Waals surface area contributed by atoms with E-state index in [9.17, 15) is 4.79 Å². The number of nitrogens with one attached hydrogen (secondary N) is 2. The highest BCUT2D eigenvalue weighted by Crippen LogP contribution is 2.39. The lowest BCUT2D eigenvalue weighted by Gasteiger charge is -2.35. The van der Waals surface area contributed by atoms with E-state index < -0.39 is 5.54 Å². The molecule has 32 heavy (non-hydrogen) atoms. The molecule has 4 rings (SSSR count). The molecular formula is C28H31N3O. The van der Waals surface area contributed by atoms with Crippen molar-refractivity contribution in [3.05, 3.63) is 102 Å². The summed E-state index contributed by atoms with van der Waals surface area (Å²) in [4.78, 5) is 18.6. The summed E-state index contributed by atoms with van der Waals surface area (Å²) in [7, 11) is 0. The fourth-order valence-electron chi connectivity index (χ4n) is 4.54. The smallest absolute Gasteiger partial charge is 0.235 e. The molecular weight excluding hydrogens is 394 g/mol. The number of carbonyl (C=O) groups excluding carboxylic acids is 1. The van der Waals surface area contributed by atoms with Crippen molar-refractivity contribution in [1.82, 2.24) is 5.32 Å². The number of para-hydroxylation sites is 1. The molecule has 164 valence electrons. The average molecular weight is 426 g/mol. The summed E-state index contributed by atoms with van der Waals surface area (Å²) in [6.07, 6.45) is 3.57. The number of hydrogen-bond donors (Lipinski definition) is 2. The number of benzene rings is 3. The molecule has 4 nitrogen and oxygen atoms in total. The summed E-state index contributed by atoms with van der Waals surface area (Å²) in [5.74, 6) is 0.479. The lowest BCUT2D eigenvalue weighted by atomic mass is 9.79. The zero-order valence-electron chi connectivity index (χ0n) is 18.6. The molecule has 1 atom stereocenters. The van der Waals surface area contributed by atoms with Crippen LogP contribution in [-0.4, -0.2) is 18.3 Å². The average Bonchev–Trinajstić information content (AvgIpc) is 2.86. The number of rotatable bonds is 7. The molecule has 0 aliphatic carbocycles. The maximum atomic E-state index is 13.3. The van der Waals surface area contributed by atoms with Gasteiger partial charge in [-0.2, -0.15) is 0 Å². The third kappa shape index (κ3) is 4.75. The number of carbonyl (C=O) groups is 1. The Kier molecular flexibility index (Phi) is 7.00. The van der Waals surface area contributed by atoms with Gasteiger partial charge in [0, 0.05) is 12.2 Å². The van der Waals surface area contributed by atoms with Gasteiger partial charge in [0.1, 0.15) is 11.4 Å². The van der Waals surface area contributed by atoms with Gasteiger partial charge in [-0.05, 0) is 42.5 Å². The number of amidine groups is 1. The van der Waals surface area contributed by atoms with Crippen molar-refractivity contribution in [2.45, 2.75) is 38.1 Å². The SMILES string of the molecule is CCCC(/N=C1\NCCCC1C(=O)Nc1ccccc1)(c1ccccc1)c1ccccc1. The highest BCUT2D eigenvalue weighted by Gasteiger charge is 2.36. The summed E-state index contributed by atoms with van der Waals surface area (Å²) >= 11 is 0. The Bertz CT molecular complexity index is 993. The first-order valence-electron chi connectivity index (χ1n) is 11.5. The van der Waals surface area contributed by atoms with Crippen molar-refractivity contribution in [2.75, 3.05) is 11.9 Å². The van der Waals surface area contributed by atoms with Crippen LogP contribution in [0.4, 0.5) is 5.69 Å². The van der Waals surface area contributed by atoms with Gasteiger partial charge in [-0.25, -0.2) is 0 Å². The predicted molar refractivity (Wildman–Crippen MR) is 132 cm³/mol. The van der Waals surface area contributed by atoms with Crippen LogP contribution in [0, 0.1) is 5.92 Å². The number of hydrogen-bond acceptors (Lipinski definition) is 2. The van der Waals surface area contributed by atoms with Crippen molar-refractivity contribution >= 4 is 17.4 Å². The highest BCUT2D eigenvalue weighted by atomic mass is 16.1. The molecule has 1 saturated heterocycles. The van der Waals surface area contributed by atoms with E-state index in [1.165, 1.54) is 0 Å². The summed E-state index contributed by atoms with van der Waals surface area (Å²) in [6, 6.07) is 30.6. The maximum absolute atomic E-state index is 13.3. The van der Waals surface area contributed by atoms with Crippen LogP contribution < -0.4 is 10.6 Å². The Labute approximate surface area is 190 Å². The van der Waals surface area contributed by atoms with Gasteiger partial charge in [0.05, 0.1) is 5.92 Å². The van der Waals surface area contributed by atoms with Gasteiger partial charge in [-0.3, -0.25) is 9.79 Å². The van der Waals surface area contributed by atoms with Crippen LogP contribution in [0.2, 0.25) is 0 Å². The molecule has 3 aromatic carbocycles. The van der Waals surface area contributed by atoms with Crippen LogP contribution in [0.5, 0.6) is 0 Å². The number of anilines is 1. The van der Waals surface area contributed by atoms with Crippen molar-refractivity contribution in [3.8, 4) is 0 Å². The normalized spacial score (nSPS) is 17.5. The Morgan fingerprint density at radius 2 is 1.50 bits per heavy atom. The van der Waals surface area contributed by atoms with Crippen LogP contribution in [0.15, 0.2) is 96.0 Å². The van der Waals surface area contributed by atoms with Crippen molar-refractivity contribution < 1.29 is 4.79 Å². The zero-order valence-corrected chi connectivity index (χ0v) is 18.6. The van der Waals surface area contributed by atoms with Crippen LogP contribution >= 0.6 is 0 Å². The van der Waals surface area contributed by atoms with Gasteiger partial charge in [0.2, 0.25) is 5.91 Å². The number of piperidine rings is 1. The second-order valence-electron chi connectivity index (χ2n) is 8.32. The summed E-state index contributed by atoms with van der Waals surface area (Å²) in [5, 5.41) is 6.56. The summed E-state index contributed by atoms with van der Waals surface area (Å²) in [5.41, 5.74) is 2.57. The molecule has 4 heteroatoms. The minimum absolute atomic E-state index is 0.00586. The molecule has 0 spiro atoms. The fraction of sp³-hybridized carbons (Fsp3) is 0.286. The molecule has 0 bridgehead atoms. The van der Waals surface area contributed by atoms with E-state index in [4.69, 9.17) is 4.99 Å². The first-order chi connectivity index (χ1) is 15.7. The highest BCUT2D eigenvalue weighted by molar-refractivity contribution is 6.09. The van der Waals surface area contributed by atoms with Crippen LogP contribution in [0.1, 0.15) is 43.7 Å². The van der Waals surface area contributed by atoms with E-state index >= 15 is 0 Å². The second-order valence-corrected chi connectivity index (χ2v) is 8.32. The van der Waals surface area contributed by atoms with Gasteiger partial charge in [0.25, 0.3) is 0 Å². The largest absolute Gasteiger partial charge is 0.373 e. The van der Waals surface area contributed by atoms with E-state index in [-0.39, 0.29) is 11.8 Å². The fourth-order valence-corrected chi connectivity index (χ4v) is 4.54. The molecule has 0 saturated carbocycles. The minimum atomic E-state index is -0.539. The van der Waals surface area contributed by atoms with Crippen molar-refractivity contribution in [3.63, 3.8) is 0 Å². The third-order valence-electron chi connectivity index (χ3n) is 6.09. The molecule has 1 aliphatic heterocycles. The van der Waals surface area contributed by atoms with Crippen LogP contribution in [0.25, 0.3) is 0 Å². The van der Waals surface area contributed by atoms with E-state index in [1.807, 2.05) is 42.5 Å². The second kappa shape index (κ2) is 10.3. The monoisotopic (exact) mass is 425 g/mol. The minimum Gasteiger partial charge on any atom is -0.373 e. The quantitative estimate of drug-likeness (QED) is 0.505. The molecule has 1 aliphatic rings. The van der Waals surface area contributed by atoms with Gasteiger partial charge in [-0.15, -0.1) is 0 Å². The molecule has 1 heterocycles. The number of aliphatic imine (C=N–C) groups is 1. The Balaban J connectivity index is 1.77. The van der Waals surface area contributed by atoms with Gasteiger partial charge < -0.3 is 10.6 Å². The van der Waals surface area contributed by atoms with E-state index in [2.05, 4.69) is 66.1 Å². The predicted octanol–water partition coefficient (Wildman–Crippen LogP) is 5.77. The summed E-state index contributed by atoms with van der Waals surface area (Å²) in [6.45, 7) is 3.02. The Hall–Kier alpha value is -3.40. The topological polar surface area (TPSA) is 53.5 Å². The Morgan fingerprint density at radius 1 is 0.938 bits per heavy atom. The molecule has 3 aromatic rings. The molecule has 0 aromatic heterocycles. The standard InChI is InChI=1S/C28H31N3O/c1-2-20-28(22-13-6-3-7-14-22,23-15-8-4-9-16-23)31-26-25(19-12-21-29-26)27(32)30-24-17-10-5-11-18-24/h3-11,13-18,25H,2,12,19-21H2,1H3,(H,29,31)(H,30,32). The lowest BCUT2D eigenvalue weighted by molar-refractivity contribution is -0.118. The van der Waals surface area contributed by atoms with E-state index in [0.717, 1.165) is 54.9 Å². The molecule has 1 fully saturated rings. The molecule has 1 amide bonds. The van der Waals surface area contributed by atoms with Gasteiger partial charge in [0.15, 0.2) is 0 Å². The summed E-state index contributed by atoms with van der Waals surface area (Å²) < 4.78 is 0. The van der Waals surface area contributed by atoms with E-state index in [1.54, 1.807) is 0 Å². The van der Waals surface area contributed by atoms with Crippen molar-refractivity contribution in [1.29, 1.82) is 0 Å². The van der Waals surface area contributed by atoms with E-state index in [0.29, 0.717) is 0 Å². The first kappa shape index (κ1) is 21.8. The van der Waals surface area contributed by atoms with Crippen LogP contribution in [0.3, 0.4) is 0 Å². The van der Waals surface area contributed by atoms with Gasteiger partial charge in [-0.1, -0.05) is 92.2 Å². The first-order valence-corrected chi connectivity index (χ1v) is 11.5. The maximum Gasteiger partial charge on any atom is 0.235 e. The Morgan fingerprint density at radius 3 is 2.06 bits per heavy atom. The number of nitrogens with zero attached hydrogens (tertiary/aromatic N) is 1. The van der Waals surface area contributed by atoms with Crippen molar-refractivity contribution in [2.24, 2.45) is 10.9 Å². The number of amides is 1. The van der Waals surface area contributed by atoms with Crippen LogP contribution in [-0.2, 0) is 10.3 Å². The lowest BCUT2D eigenvalue weighted by Crippen LogP contribution is -2.45. The third-order valence-corrected chi connectivity index (χ3v) is 6.09. The molecule has 2 N–H and O–H groups in total. The van der Waals surface area contributed by atoms with Gasteiger partial charge >= 0.3 is 0 Å².